The fraction of sp³-hybridized carbons (Fsp3) is 0.346. The average molecular weight is 588 g/mol. The molecule has 0 saturated carbocycles. The Morgan fingerprint density at radius 3 is 2.15 bits per heavy atom. The SMILES string of the molecule is Cn1c(N)nc2c(ncn2[C@@H]2O[C@H](CO)[C@@H](O)[C@H](OP(=O)(OCc3ccccc3)OCc3ccccc3)[C@H]2O)c1=O. The molecule has 5 atom stereocenters. The van der Waals surface area contributed by atoms with E-state index in [2.05, 4.69) is 9.97 Å². The largest absolute Gasteiger partial charge is 0.475 e. The molecular weight excluding hydrogens is 557 g/mol. The summed E-state index contributed by atoms with van der Waals surface area (Å²) in [5.74, 6) is -0.116. The molecular formula is C26H30N5O9P. The maximum Gasteiger partial charge on any atom is 0.475 e. The summed E-state index contributed by atoms with van der Waals surface area (Å²) in [6.45, 7) is -1.00. The number of nitrogens with two attached hydrogens (primary N) is 1. The van der Waals surface area contributed by atoms with E-state index >= 15 is 0 Å². The van der Waals surface area contributed by atoms with Crippen LogP contribution in [0.1, 0.15) is 17.4 Å². The maximum atomic E-state index is 14.0. The van der Waals surface area contributed by atoms with E-state index in [0.29, 0.717) is 11.1 Å². The standard InChI is InChI=1S/C26H30N5O9P/c1-30-24(35)19-23(29-26(30)27)31(15-28-19)25-21(34)22(20(33)18(12-32)39-25)40-41(36,37-13-16-8-4-2-5-9-16)38-14-17-10-6-3-7-11-17/h2-11,15,18,20-22,25,32-34H,12-14H2,1H3,(H2,27,29)/t18-,20-,21-,22+,25-/m1/s1. The van der Waals surface area contributed by atoms with E-state index in [4.69, 9.17) is 24.0 Å². The van der Waals surface area contributed by atoms with Crippen LogP contribution in [0, 0.1) is 0 Å². The number of ether oxygens (including phenoxy) is 1. The van der Waals surface area contributed by atoms with Crippen molar-refractivity contribution in [3.05, 3.63) is 88.5 Å². The van der Waals surface area contributed by atoms with Gasteiger partial charge in [0.25, 0.3) is 5.56 Å². The number of hydrogen-bond donors (Lipinski definition) is 4. The molecule has 2 aromatic heterocycles. The van der Waals surface area contributed by atoms with Crippen LogP contribution in [0.3, 0.4) is 0 Å². The molecule has 0 spiro atoms. The molecule has 5 N–H and O–H groups in total. The highest BCUT2D eigenvalue weighted by Gasteiger charge is 2.50. The fourth-order valence-electron chi connectivity index (χ4n) is 4.37. The Labute approximate surface area is 234 Å². The van der Waals surface area contributed by atoms with Crippen molar-refractivity contribution in [2.75, 3.05) is 12.3 Å². The van der Waals surface area contributed by atoms with E-state index in [1.807, 2.05) is 12.1 Å². The van der Waals surface area contributed by atoms with Gasteiger partial charge < -0.3 is 25.8 Å². The first-order valence-electron chi connectivity index (χ1n) is 12.7. The first-order valence-corrected chi connectivity index (χ1v) is 14.1. The minimum Gasteiger partial charge on any atom is -0.394 e. The number of aromatic nitrogens is 4. The number of aliphatic hydroxyl groups is 3. The number of fused-ring (bicyclic) bond motifs is 1. The molecule has 1 aliphatic rings. The Balaban J connectivity index is 1.46. The van der Waals surface area contributed by atoms with Crippen LogP contribution < -0.4 is 11.3 Å². The molecule has 14 nitrogen and oxygen atoms in total. The van der Waals surface area contributed by atoms with Crippen LogP contribution in [0.2, 0.25) is 0 Å². The van der Waals surface area contributed by atoms with E-state index in [1.54, 1.807) is 48.5 Å². The van der Waals surface area contributed by atoms with Crippen molar-refractivity contribution < 1.29 is 38.2 Å². The molecule has 41 heavy (non-hydrogen) atoms. The van der Waals surface area contributed by atoms with Gasteiger partial charge in [0.15, 0.2) is 17.4 Å². The molecule has 0 amide bonds. The summed E-state index contributed by atoms with van der Waals surface area (Å²) in [6.07, 6.45) is -6.49. The molecule has 1 fully saturated rings. The second kappa shape index (κ2) is 12.2. The summed E-state index contributed by atoms with van der Waals surface area (Å²) in [5, 5.41) is 32.3. The highest BCUT2D eigenvalue weighted by molar-refractivity contribution is 7.48. The fourth-order valence-corrected chi connectivity index (χ4v) is 5.73. The van der Waals surface area contributed by atoms with Gasteiger partial charge in [0.05, 0.1) is 26.1 Å². The van der Waals surface area contributed by atoms with E-state index < -0.39 is 50.6 Å². The zero-order valence-electron chi connectivity index (χ0n) is 22.0. The van der Waals surface area contributed by atoms with Gasteiger partial charge in [-0.2, -0.15) is 4.98 Å². The molecule has 0 bridgehead atoms. The highest BCUT2D eigenvalue weighted by Crippen LogP contribution is 2.54. The topological polar surface area (TPSA) is 193 Å². The van der Waals surface area contributed by atoms with Crippen LogP contribution in [-0.4, -0.2) is 65.4 Å². The second-order valence-corrected chi connectivity index (χ2v) is 11.0. The van der Waals surface area contributed by atoms with Crippen molar-refractivity contribution in [2.45, 2.75) is 43.9 Å². The van der Waals surface area contributed by atoms with Crippen molar-refractivity contribution in [1.82, 2.24) is 19.1 Å². The molecule has 15 heteroatoms. The first-order chi connectivity index (χ1) is 19.7. The molecule has 2 aromatic carbocycles. The normalized spacial score (nSPS) is 23.2. The number of imidazole rings is 1. The lowest BCUT2D eigenvalue weighted by Crippen LogP contribution is -2.57. The van der Waals surface area contributed by atoms with Crippen LogP contribution in [0.15, 0.2) is 71.8 Å². The Morgan fingerprint density at radius 1 is 1.00 bits per heavy atom. The molecule has 5 rings (SSSR count). The summed E-state index contributed by atoms with van der Waals surface area (Å²) >= 11 is 0. The van der Waals surface area contributed by atoms with Crippen LogP contribution in [0.25, 0.3) is 11.2 Å². The average Bonchev–Trinajstić information content (AvgIpc) is 3.41. The lowest BCUT2D eigenvalue weighted by molar-refractivity contribution is -0.247. The van der Waals surface area contributed by atoms with Crippen molar-refractivity contribution in [3.8, 4) is 0 Å². The van der Waals surface area contributed by atoms with Gasteiger partial charge >= 0.3 is 7.82 Å². The zero-order valence-corrected chi connectivity index (χ0v) is 22.9. The van der Waals surface area contributed by atoms with Crippen molar-refractivity contribution in [3.63, 3.8) is 0 Å². The maximum absolute atomic E-state index is 14.0. The number of nitrogen functional groups attached to an aromatic ring is 1. The Hall–Kier alpha value is -3.46. The Morgan fingerprint density at radius 2 is 1.59 bits per heavy atom. The minimum absolute atomic E-state index is 0.00897. The molecule has 1 saturated heterocycles. The molecule has 0 radical (unpaired) electrons. The molecule has 4 aromatic rings. The number of hydrogen-bond acceptors (Lipinski definition) is 12. The predicted octanol–water partition coefficient (Wildman–Crippen LogP) is 1.25. The summed E-state index contributed by atoms with van der Waals surface area (Å²) < 4.78 is 39.1. The zero-order chi connectivity index (χ0) is 29.1. The number of anilines is 1. The van der Waals surface area contributed by atoms with Gasteiger partial charge in [0, 0.05) is 7.05 Å². The van der Waals surface area contributed by atoms with Crippen LogP contribution >= 0.6 is 7.82 Å². The highest BCUT2D eigenvalue weighted by atomic mass is 31.2. The molecule has 1 aliphatic heterocycles. The number of phosphoric ester groups is 1. The lowest BCUT2D eigenvalue weighted by atomic mass is 9.98. The number of nitrogens with zero attached hydrogens (tertiary/aromatic N) is 4. The van der Waals surface area contributed by atoms with Crippen molar-refractivity contribution in [1.29, 1.82) is 0 Å². The number of benzene rings is 2. The molecule has 3 heterocycles. The minimum atomic E-state index is -4.48. The quantitative estimate of drug-likeness (QED) is 0.194. The first kappa shape index (κ1) is 29.0. The van der Waals surface area contributed by atoms with E-state index in [9.17, 15) is 24.7 Å². The monoisotopic (exact) mass is 587 g/mol. The molecule has 0 unspecified atom stereocenters. The third-order valence-electron chi connectivity index (χ3n) is 6.67. The van der Waals surface area contributed by atoms with Crippen molar-refractivity contribution >= 4 is 24.9 Å². The summed E-state index contributed by atoms with van der Waals surface area (Å²) in [4.78, 5) is 20.9. The molecule has 0 aliphatic carbocycles. The van der Waals surface area contributed by atoms with Crippen LogP contribution in [0.5, 0.6) is 0 Å². The third-order valence-corrected chi connectivity index (χ3v) is 8.06. The van der Waals surface area contributed by atoms with E-state index in [1.165, 1.54) is 17.9 Å². The van der Waals surface area contributed by atoms with Gasteiger partial charge in [0.2, 0.25) is 5.95 Å². The van der Waals surface area contributed by atoms with Gasteiger partial charge in [-0.3, -0.25) is 27.5 Å². The summed E-state index contributed by atoms with van der Waals surface area (Å²) in [7, 11) is -3.05. The lowest BCUT2D eigenvalue weighted by Gasteiger charge is -2.42. The number of aliphatic hydroxyl groups excluding tert-OH is 3. The second-order valence-electron chi connectivity index (χ2n) is 9.42. The van der Waals surface area contributed by atoms with Gasteiger partial charge in [-0.1, -0.05) is 60.7 Å². The summed E-state index contributed by atoms with van der Waals surface area (Å²) in [5.41, 5.74) is 6.62. The van der Waals surface area contributed by atoms with Crippen LogP contribution in [-0.2, 0) is 43.1 Å². The summed E-state index contributed by atoms with van der Waals surface area (Å²) in [6, 6.07) is 17.8. The van der Waals surface area contributed by atoms with Gasteiger partial charge in [-0.15, -0.1) is 0 Å². The van der Waals surface area contributed by atoms with E-state index in [-0.39, 0.29) is 30.3 Å². The van der Waals surface area contributed by atoms with Crippen molar-refractivity contribution in [2.24, 2.45) is 7.05 Å². The Bertz CT molecular complexity index is 1540. The third kappa shape index (κ3) is 6.10. The number of phosphoric acid groups is 1. The smallest absolute Gasteiger partial charge is 0.394 e. The van der Waals surface area contributed by atoms with Gasteiger partial charge in [-0.25, -0.2) is 9.55 Å². The predicted molar refractivity (Wildman–Crippen MR) is 145 cm³/mol. The number of rotatable bonds is 10. The Kier molecular flexibility index (Phi) is 8.63. The van der Waals surface area contributed by atoms with Gasteiger partial charge in [-0.05, 0) is 11.1 Å². The van der Waals surface area contributed by atoms with Gasteiger partial charge in [0.1, 0.15) is 24.4 Å². The van der Waals surface area contributed by atoms with Crippen LogP contribution in [0.4, 0.5) is 5.95 Å². The molecule has 218 valence electrons. The van der Waals surface area contributed by atoms with E-state index in [0.717, 1.165) is 4.57 Å².